The molecular weight excluding hydrogens is 235 g/mol. The SMILES string of the molecule is C=CCNc1ccc2nnc(C(F)(F)F)n2n1. The zero-order chi connectivity index (χ0) is 12.5. The van der Waals surface area contributed by atoms with Crippen molar-refractivity contribution >= 4 is 11.5 Å². The fourth-order valence-electron chi connectivity index (χ4n) is 1.24. The maximum absolute atomic E-state index is 12.5. The highest BCUT2D eigenvalue weighted by Gasteiger charge is 2.37. The van der Waals surface area contributed by atoms with Crippen molar-refractivity contribution in [1.82, 2.24) is 19.8 Å². The standard InChI is InChI=1S/C9H8F3N5/c1-2-5-13-6-3-4-7-14-15-8(9(10,11)12)17(7)16-6/h2-4H,1,5H2,(H,13,16). The summed E-state index contributed by atoms with van der Waals surface area (Å²) in [6, 6.07) is 2.92. The minimum atomic E-state index is -4.58. The minimum Gasteiger partial charge on any atom is -0.365 e. The molecule has 8 heteroatoms. The number of rotatable bonds is 3. The molecule has 2 aromatic heterocycles. The Labute approximate surface area is 94.0 Å². The number of halogens is 3. The summed E-state index contributed by atoms with van der Waals surface area (Å²) < 4.78 is 38.3. The fraction of sp³-hybridized carbons (Fsp3) is 0.222. The maximum atomic E-state index is 12.5. The van der Waals surface area contributed by atoms with Crippen LogP contribution in [0.1, 0.15) is 5.82 Å². The van der Waals surface area contributed by atoms with E-state index in [9.17, 15) is 13.2 Å². The Morgan fingerprint density at radius 2 is 2.12 bits per heavy atom. The van der Waals surface area contributed by atoms with E-state index in [4.69, 9.17) is 0 Å². The Balaban J connectivity index is 2.47. The van der Waals surface area contributed by atoms with Crippen LogP contribution in [0.3, 0.4) is 0 Å². The van der Waals surface area contributed by atoms with Crippen LogP contribution in [0.15, 0.2) is 24.8 Å². The summed E-state index contributed by atoms with van der Waals surface area (Å²) in [5, 5.41) is 13.0. The summed E-state index contributed by atoms with van der Waals surface area (Å²) in [7, 11) is 0. The zero-order valence-corrected chi connectivity index (χ0v) is 8.57. The second-order valence-corrected chi connectivity index (χ2v) is 3.18. The van der Waals surface area contributed by atoms with Gasteiger partial charge in [0, 0.05) is 6.54 Å². The van der Waals surface area contributed by atoms with Crippen LogP contribution >= 0.6 is 0 Å². The molecule has 0 spiro atoms. The van der Waals surface area contributed by atoms with Gasteiger partial charge in [0.25, 0.3) is 5.82 Å². The van der Waals surface area contributed by atoms with E-state index < -0.39 is 12.0 Å². The number of fused-ring (bicyclic) bond motifs is 1. The predicted molar refractivity (Wildman–Crippen MR) is 54.5 cm³/mol. The van der Waals surface area contributed by atoms with Crippen molar-refractivity contribution in [3.63, 3.8) is 0 Å². The summed E-state index contributed by atoms with van der Waals surface area (Å²) in [4.78, 5) is 0. The normalized spacial score (nSPS) is 11.7. The lowest BCUT2D eigenvalue weighted by molar-refractivity contribution is -0.146. The highest BCUT2D eigenvalue weighted by atomic mass is 19.4. The van der Waals surface area contributed by atoms with Gasteiger partial charge in [0.05, 0.1) is 0 Å². The molecule has 17 heavy (non-hydrogen) atoms. The molecule has 2 heterocycles. The third-order valence-electron chi connectivity index (χ3n) is 1.94. The van der Waals surface area contributed by atoms with Gasteiger partial charge in [-0.05, 0) is 12.1 Å². The molecule has 0 fully saturated rings. The van der Waals surface area contributed by atoms with Crippen LogP contribution in [0.2, 0.25) is 0 Å². The molecule has 2 aromatic rings. The molecule has 0 unspecified atom stereocenters. The molecule has 0 aliphatic rings. The van der Waals surface area contributed by atoms with Crippen LogP contribution in [0.4, 0.5) is 19.0 Å². The minimum absolute atomic E-state index is 0.0430. The maximum Gasteiger partial charge on any atom is 0.453 e. The molecule has 2 rings (SSSR count). The van der Waals surface area contributed by atoms with Crippen LogP contribution < -0.4 is 5.32 Å². The molecule has 0 radical (unpaired) electrons. The summed E-state index contributed by atoms with van der Waals surface area (Å²) in [6.45, 7) is 3.89. The zero-order valence-electron chi connectivity index (χ0n) is 8.57. The Hall–Kier alpha value is -2.12. The van der Waals surface area contributed by atoms with E-state index in [0.29, 0.717) is 16.9 Å². The number of hydrogen-bond donors (Lipinski definition) is 1. The third kappa shape index (κ3) is 2.19. The smallest absolute Gasteiger partial charge is 0.365 e. The largest absolute Gasteiger partial charge is 0.453 e. The Morgan fingerprint density at radius 3 is 2.76 bits per heavy atom. The molecule has 5 nitrogen and oxygen atoms in total. The van der Waals surface area contributed by atoms with Crippen LogP contribution in [0.25, 0.3) is 5.65 Å². The molecule has 0 atom stereocenters. The summed E-state index contributed by atoms with van der Waals surface area (Å²) in [5.41, 5.74) is 0.0430. The number of nitrogens with zero attached hydrogens (tertiary/aromatic N) is 4. The predicted octanol–water partition coefficient (Wildman–Crippen LogP) is 1.74. The van der Waals surface area contributed by atoms with Crippen molar-refractivity contribution in [2.24, 2.45) is 0 Å². The Kier molecular flexibility index (Phi) is 2.70. The van der Waals surface area contributed by atoms with Crippen molar-refractivity contribution in [2.45, 2.75) is 6.18 Å². The van der Waals surface area contributed by atoms with E-state index in [1.807, 2.05) is 0 Å². The van der Waals surface area contributed by atoms with Gasteiger partial charge in [0.15, 0.2) is 5.65 Å². The number of alkyl halides is 3. The van der Waals surface area contributed by atoms with Crippen LogP contribution in [-0.4, -0.2) is 26.4 Å². The monoisotopic (exact) mass is 243 g/mol. The molecule has 0 bridgehead atoms. The quantitative estimate of drug-likeness (QED) is 0.834. The summed E-state index contributed by atoms with van der Waals surface area (Å²) >= 11 is 0. The van der Waals surface area contributed by atoms with Crippen molar-refractivity contribution in [3.05, 3.63) is 30.6 Å². The molecule has 0 aliphatic carbocycles. The van der Waals surface area contributed by atoms with Crippen molar-refractivity contribution in [1.29, 1.82) is 0 Å². The lowest BCUT2D eigenvalue weighted by atomic mass is 10.5. The Bertz CT molecular complexity index is 545. The average Bonchev–Trinajstić information content (AvgIpc) is 2.68. The summed E-state index contributed by atoms with van der Waals surface area (Å²) in [6.07, 6.45) is -3.01. The first-order valence-electron chi connectivity index (χ1n) is 4.67. The van der Waals surface area contributed by atoms with E-state index in [0.717, 1.165) is 0 Å². The van der Waals surface area contributed by atoms with Gasteiger partial charge < -0.3 is 5.32 Å². The second-order valence-electron chi connectivity index (χ2n) is 3.18. The van der Waals surface area contributed by atoms with Gasteiger partial charge in [-0.25, -0.2) is 0 Å². The first kappa shape index (κ1) is 11.4. The van der Waals surface area contributed by atoms with Crippen molar-refractivity contribution in [3.8, 4) is 0 Å². The lowest BCUT2D eigenvalue weighted by Crippen LogP contribution is -2.13. The molecule has 90 valence electrons. The first-order chi connectivity index (χ1) is 8.02. The third-order valence-corrected chi connectivity index (χ3v) is 1.94. The topological polar surface area (TPSA) is 55.1 Å². The van der Waals surface area contributed by atoms with Gasteiger partial charge in [-0.2, -0.15) is 17.7 Å². The van der Waals surface area contributed by atoms with E-state index in [2.05, 4.69) is 27.2 Å². The highest BCUT2D eigenvalue weighted by Crippen LogP contribution is 2.27. The number of aromatic nitrogens is 4. The van der Waals surface area contributed by atoms with E-state index in [-0.39, 0.29) is 5.65 Å². The van der Waals surface area contributed by atoms with Crippen LogP contribution in [0.5, 0.6) is 0 Å². The molecule has 0 saturated heterocycles. The molecular formula is C9H8F3N5. The van der Waals surface area contributed by atoms with E-state index in [1.165, 1.54) is 12.1 Å². The molecule has 0 saturated carbocycles. The molecule has 0 amide bonds. The van der Waals surface area contributed by atoms with Crippen molar-refractivity contribution in [2.75, 3.05) is 11.9 Å². The summed E-state index contributed by atoms with van der Waals surface area (Å²) in [5.74, 6) is -0.850. The highest BCUT2D eigenvalue weighted by molar-refractivity contribution is 5.44. The van der Waals surface area contributed by atoms with Gasteiger partial charge in [-0.15, -0.1) is 21.9 Å². The van der Waals surface area contributed by atoms with Gasteiger partial charge in [-0.1, -0.05) is 6.08 Å². The lowest BCUT2D eigenvalue weighted by Gasteiger charge is -2.05. The number of anilines is 1. The number of nitrogens with one attached hydrogen (secondary N) is 1. The van der Waals surface area contributed by atoms with Crippen LogP contribution in [-0.2, 0) is 6.18 Å². The fourth-order valence-corrected chi connectivity index (χ4v) is 1.24. The van der Waals surface area contributed by atoms with E-state index >= 15 is 0 Å². The van der Waals surface area contributed by atoms with E-state index in [1.54, 1.807) is 6.08 Å². The number of hydrogen-bond acceptors (Lipinski definition) is 4. The first-order valence-corrected chi connectivity index (χ1v) is 4.67. The average molecular weight is 243 g/mol. The van der Waals surface area contributed by atoms with Crippen LogP contribution in [0, 0.1) is 0 Å². The van der Waals surface area contributed by atoms with Crippen molar-refractivity contribution < 1.29 is 13.2 Å². The second kappa shape index (κ2) is 4.04. The molecule has 1 N–H and O–H groups in total. The van der Waals surface area contributed by atoms with Gasteiger partial charge in [0.2, 0.25) is 0 Å². The van der Waals surface area contributed by atoms with Gasteiger partial charge in [0.1, 0.15) is 5.82 Å². The molecule has 0 aromatic carbocycles. The Morgan fingerprint density at radius 1 is 1.35 bits per heavy atom. The van der Waals surface area contributed by atoms with Gasteiger partial charge >= 0.3 is 6.18 Å². The molecule has 0 aliphatic heterocycles. The van der Waals surface area contributed by atoms with Gasteiger partial charge in [-0.3, -0.25) is 0 Å².